The molecule has 0 aliphatic rings. The van der Waals surface area contributed by atoms with E-state index in [1.807, 2.05) is 35.0 Å². The lowest BCUT2D eigenvalue weighted by atomic mass is 10.2. The van der Waals surface area contributed by atoms with E-state index in [9.17, 15) is 0 Å². The molecule has 0 saturated carbocycles. The number of rotatable bonds is 4. The highest BCUT2D eigenvalue weighted by Crippen LogP contribution is 2.16. The third kappa shape index (κ3) is 2.22. The largest absolute Gasteiger partial charge is 0.383 e. The van der Waals surface area contributed by atoms with Gasteiger partial charge in [0.05, 0.1) is 25.0 Å². The van der Waals surface area contributed by atoms with Crippen LogP contribution in [0.3, 0.4) is 0 Å². The second kappa shape index (κ2) is 4.70. The molecule has 0 unspecified atom stereocenters. The van der Waals surface area contributed by atoms with Crippen molar-refractivity contribution in [3.63, 3.8) is 0 Å². The van der Waals surface area contributed by atoms with Gasteiger partial charge in [-0.15, -0.1) is 5.10 Å². The summed E-state index contributed by atoms with van der Waals surface area (Å²) in [5.74, 6) is 0. The van der Waals surface area contributed by atoms with Gasteiger partial charge in [0.25, 0.3) is 0 Å². The summed E-state index contributed by atoms with van der Waals surface area (Å²) in [5.41, 5.74) is 2.14. The van der Waals surface area contributed by atoms with Gasteiger partial charge in [-0.2, -0.15) is 0 Å². The van der Waals surface area contributed by atoms with Gasteiger partial charge in [-0.05, 0) is 0 Å². The first-order valence-corrected chi connectivity index (χ1v) is 4.84. The van der Waals surface area contributed by atoms with E-state index in [1.54, 1.807) is 13.3 Å². The number of hydrogen-bond acceptors (Lipinski definition) is 3. The molecule has 0 amide bonds. The highest BCUT2D eigenvalue weighted by atomic mass is 16.5. The van der Waals surface area contributed by atoms with E-state index < -0.39 is 0 Å². The maximum absolute atomic E-state index is 5.02. The number of methoxy groups -OCH3 is 1. The Hall–Kier alpha value is -1.68. The Balaban J connectivity index is 2.25. The van der Waals surface area contributed by atoms with Crippen LogP contribution in [0.5, 0.6) is 0 Å². The van der Waals surface area contributed by atoms with Crippen LogP contribution < -0.4 is 0 Å². The zero-order valence-corrected chi connectivity index (χ0v) is 8.63. The maximum Gasteiger partial charge on any atom is 0.0886 e. The molecule has 4 heteroatoms. The SMILES string of the molecule is COCCn1nncc1-c1ccccc1. The van der Waals surface area contributed by atoms with Crippen molar-refractivity contribution in [2.45, 2.75) is 6.54 Å². The molecule has 0 aliphatic carbocycles. The molecule has 4 nitrogen and oxygen atoms in total. The molecule has 0 aliphatic heterocycles. The van der Waals surface area contributed by atoms with Crippen molar-refractivity contribution in [1.29, 1.82) is 0 Å². The van der Waals surface area contributed by atoms with Crippen molar-refractivity contribution in [3.05, 3.63) is 36.5 Å². The Labute approximate surface area is 88.5 Å². The van der Waals surface area contributed by atoms with E-state index in [2.05, 4.69) is 10.3 Å². The average molecular weight is 203 g/mol. The summed E-state index contributed by atoms with van der Waals surface area (Å²) in [4.78, 5) is 0. The summed E-state index contributed by atoms with van der Waals surface area (Å²) >= 11 is 0. The van der Waals surface area contributed by atoms with Crippen molar-refractivity contribution < 1.29 is 4.74 Å². The average Bonchev–Trinajstić information content (AvgIpc) is 2.75. The molecule has 2 rings (SSSR count). The van der Waals surface area contributed by atoms with Crippen molar-refractivity contribution in [1.82, 2.24) is 15.0 Å². The quantitative estimate of drug-likeness (QED) is 0.757. The van der Waals surface area contributed by atoms with Gasteiger partial charge >= 0.3 is 0 Å². The summed E-state index contributed by atoms with van der Waals surface area (Å²) < 4.78 is 6.86. The number of aromatic nitrogens is 3. The fourth-order valence-electron chi connectivity index (χ4n) is 1.43. The van der Waals surface area contributed by atoms with Crippen LogP contribution in [0.25, 0.3) is 11.3 Å². The minimum atomic E-state index is 0.642. The normalized spacial score (nSPS) is 10.5. The first-order valence-electron chi connectivity index (χ1n) is 4.84. The predicted octanol–water partition coefficient (Wildman–Crippen LogP) is 1.59. The van der Waals surface area contributed by atoms with Gasteiger partial charge in [-0.3, -0.25) is 0 Å². The molecule has 1 heterocycles. The second-order valence-electron chi connectivity index (χ2n) is 3.20. The topological polar surface area (TPSA) is 39.9 Å². The number of ether oxygens (including phenoxy) is 1. The van der Waals surface area contributed by atoms with Crippen LogP contribution in [0.1, 0.15) is 0 Å². The Bertz CT molecular complexity index is 411. The molecule has 0 radical (unpaired) electrons. The van der Waals surface area contributed by atoms with Crippen LogP contribution in [0, 0.1) is 0 Å². The van der Waals surface area contributed by atoms with Crippen LogP contribution >= 0.6 is 0 Å². The van der Waals surface area contributed by atoms with Crippen molar-refractivity contribution in [2.75, 3.05) is 13.7 Å². The monoisotopic (exact) mass is 203 g/mol. The highest BCUT2D eigenvalue weighted by molar-refractivity contribution is 5.57. The van der Waals surface area contributed by atoms with Gasteiger partial charge in [0.1, 0.15) is 0 Å². The summed E-state index contributed by atoms with van der Waals surface area (Å²) in [6, 6.07) is 10.1. The van der Waals surface area contributed by atoms with Crippen LogP contribution in [-0.2, 0) is 11.3 Å². The zero-order valence-electron chi connectivity index (χ0n) is 8.63. The lowest BCUT2D eigenvalue weighted by Gasteiger charge is -2.04. The maximum atomic E-state index is 5.02. The van der Waals surface area contributed by atoms with Gasteiger partial charge in [0, 0.05) is 12.7 Å². The third-order valence-electron chi connectivity index (χ3n) is 2.19. The van der Waals surface area contributed by atoms with E-state index in [0.717, 1.165) is 17.8 Å². The molecule has 0 bridgehead atoms. The summed E-state index contributed by atoms with van der Waals surface area (Å²) in [6.07, 6.45) is 1.77. The van der Waals surface area contributed by atoms with E-state index in [4.69, 9.17) is 4.74 Å². The summed E-state index contributed by atoms with van der Waals surface area (Å²) in [6.45, 7) is 1.37. The fraction of sp³-hybridized carbons (Fsp3) is 0.273. The van der Waals surface area contributed by atoms with Gasteiger partial charge in [0.15, 0.2) is 0 Å². The van der Waals surface area contributed by atoms with Crippen molar-refractivity contribution in [2.24, 2.45) is 0 Å². The molecule has 0 fully saturated rings. The first-order chi connectivity index (χ1) is 7.42. The molecule has 2 aromatic rings. The number of hydrogen-bond donors (Lipinski definition) is 0. The smallest absolute Gasteiger partial charge is 0.0886 e. The summed E-state index contributed by atoms with van der Waals surface area (Å²) in [7, 11) is 1.68. The van der Waals surface area contributed by atoms with Crippen molar-refractivity contribution >= 4 is 0 Å². The number of nitrogens with zero attached hydrogens (tertiary/aromatic N) is 3. The van der Waals surface area contributed by atoms with Crippen LogP contribution in [-0.4, -0.2) is 28.7 Å². The van der Waals surface area contributed by atoms with Gasteiger partial charge in [-0.1, -0.05) is 35.5 Å². The van der Waals surface area contributed by atoms with E-state index >= 15 is 0 Å². The van der Waals surface area contributed by atoms with Crippen molar-refractivity contribution in [3.8, 4) is 11.3 Å². The molecule has 1 aromatic heterocycles. The lowest BCUT2D eigenvalue weighted by molar-refractivity contribution is 0.183. The van der Waals surface area contributed by atoms with Crippen LogP contribution in [0.15, 0.2) is 36.5 Å². The van der Waals surface area contributed by atoms with E-state index in [-0.39, 0.29) is 0 Å². The molecular formula is C11H13N3O. The molecule has 15 heavy (non-hydrogen) atoms. The van der Waals surface area contributed by atoms with Gasteiger partial charge in [-0.25, -0.2) is 4.68 Å². The third-order valence-corrected chi connectivity index (χ3v) is 2.19. The first kappa shape index (κ1) is 9.86. The van der Waals surface area contributed by atoms with Gasteiger partial charge < -0.3 is 4.74 Å². The highest BCUT2D eigenvalue weighted by Gasteiger charge is 2.04. The Kier molecular flexibility index (Phi) is 3.09. The van der Waals surface area contributed by atoms with E-state index in [0.29, 0.717) is 6.61 Å². The molecule has 0 N–H and O–H groups in total. The second-order valence-corrected chi connectivity index (χ2v) is 3.20. The Morgan fingerprint density at radius 3 is 2.80 bits per heavy atom. The van der Waals surface area contributed by atoms with E-state index in [1.165, 1.54) is 0 Å². The van der Waals surface area contributed by atoms with Crippen LogP contribution in [0.4, 0.5) is 0 Å². The fourth-order valence-corrected chi connectivity index (χ4v) is 1.43. The standard InChI is InChI=1S/C11H13N3O/c1-15-8-7-14-11(9-12-13-14)10-5-3-2-4-6-10/h2-6,9H,7-8H2,1H3. The lowest BCUT2D eigenvalue weighted by Crippen LogP contribution is -2.07. The Morgan fingerprint density at radius 2 is 2.07 bits per heavy atom. The molecular weight excluding hydrogens is 190 g/mol. The molecule has 78 valence electrons. The molecule has 1 aromatic carbocycles. The van der Waals surface area contributed by atoms with Gasteiger partial charge in [0.2, 0.25) is 0 Å². The number of benzene rings is 1. The molecule has 0 spiro atoms. The predicted molar refractivity (Wildman–Crippen MR) is 57.3 cm³/mol. The zero-order chi connectivity index (χ0) is 10.5. The minimum absolute atomic E-state index is 0.642. The Morgan fingerprint density at radius 1 is 1.27 bits per heavy atom. The molecule has 0 saturated heterocycles. The minimum Gasteiger partial charge on any atom is -0.383 e. The molecule has 0 atom stereocenters. The summed E-state index contributed by atoms with van der Waals surface area (Å²) in [5, 5.41) is 7.93. The van der Waals surface area contributed by atoms with Crippen LogP contribution in [0.2, 0.25) is 0 Å².